The van der Waals surface area contributed by atoms with Crippen LogP contribution in [0.4, 0.5) is 17.3 Å². The van der Waals surface area contributed by atoms with Crippen LogP contribution < -0.4 is 10.6 Å². The molecule has 0 atom stereocenters. The number of aromatic nitrogens is 3. The fourth-order valence-corrected chi connectivity index (χ4v) is 2.03. The first-order valence-corrected chi connectivity index (χ1v) is 7.07. The van der Waals surface area contributed by atoms with Crippen LogP contribution >= 0.6 is 0 Å². The molecule has 0 bridgehead atoms. The quantitative estimate of drug-likeness (QED) is 0.753. The summed E-state index contributed by atoms with van der Waals surface area (Å²) in [4.78, 5) is 12.6. The first kappa shape index (κ1) is 14.5. The SMILES string of the molecule is N#Cc1ccccc1Nc1cc(NCc2ccccn2)ncn1. The molecule has 0 radical (unpaired) electrons. The van der Waals surface area contributed by atoms with E-state index in [2.05, 4.69) is 31.7 Å². The second kappa shape index (κ2) is 7.00. The fourth-order valence-electron chi connectivity index (χ4n) is 2.03. The number of nitriles is 1. The van der Waals surface area contributed by atoms with Gasteiger partial charge in [-0.1, -0.05) is 18.2 Å². The molecule has 0 saturated carbocycles. The second-order valence-electron chi connectivity index (χ2n) is 4.75. The highest BCUT2D eigenvalue weighted by molar-refractivity contribution is 5.65. The molecule has 0 aliphatic carbocycles. The standard InChI is InChI=1S/C17H14N6/c18-10-13-5-1-2-7-15(13)23-17-9-16(21-12-22-17)20-11-14-6-3-4-8-19-14/h1-9,12H,11H2,(H2,20,21,22,23). The minimum Gasteiger partial charge on any atom is -0.364 e. The Kier molecular flexibility index (Phi) is 4.41. The third kappa shape index (κ3) is 3.80. The van der Waals surface area contributed by atoms with Crippen molar-refractivity contribution in [2.75, 3.05) is 10.6 Å². The summed E-state index contributed by atoms with van der Waals surface area (Å²) in [5.41, 5.74) is 2.20. The van der Waals surface area contributed by atoms with Gasteiger partial charge in [-0.2, -0.15) is 5.26 Å². The van der Waals surface area contributed by atoms with E-state index in [0.29, 0.717) is 29.4 Å². The van der Waals surface area contributed by atoms with Gasteiger partial charge in [0.15, 0.2) is 0 Å². The Bertz CT molecular complexity index is 826. The zero-order valence-electron chi connectivity index (χ0n) is 12.3. The maximum absolute atomic E-state index is 9.12. The summed E-state index contributed by atoms with van der Waals surface area (Å²) in [6, 6.07) is 17.0. The average molecular weight is 302 g/mol. The molecule has 2 heterocycles. The zero-order chi connectivity index (χ0) is 15.9. The molecule has 0 spiro atoms. The van der Waals surface area contributed by atoms with Crippen molar-refractivity contribution in [1.82, 2.24) is 15.0 Å². The first-order chi connectivity index (χ1) is 11.3. The van der Waals surface area contributed by atoms with Gasteiger partial charge in [0.2, 0.25) is 0 Å². The van der Waals surface area contributed by atoms with E-state index in [1.165, 1.54) is 6.33 Å². The van der Waals surface area contributed by atoms with E-state index in [9.17, 15) is 0 Å². The van der Waals surface area contributed by atoms with Crippen molar-refractivity contribution in [3.05, 3.63) is 72.3 Å². The van der Waals surface area contributed by atoms with Crippen molar-refractivity contribution in [2.24, 2.45) is 0 Å². The lowest BCUT2D eigenvalue weighted by Crippen LogP contribution is -2.04. The fraction of sp³-hybridized carbons (Fsp3) is 0.0588. The van der Waals surface area contributed by atoms with Gasteiger partial charge in [0.1, 0.15) is 24.0 Å². The molecule has 2 aromatic heterocycles. The molecule has 3 aromatic rings. The number of pyridine rings is 1. The molecular formula is C17H14N6. The van der Waals surface area contributed by atoms with Crippen molar-refractivity contribution >= 4 is 17.3 Å². The lowest BCUT2D eigenvalue weighted by atomic mass is 10.2. The number of anilines is 3. The van der Waals surface area contributed by atoms with Gasteiger partial charge in [-0.05, 0) is 24.3 Å². The third-order valence-corrected chi connectivity index (χ3v) is 3.15. The Morgan fingerprint density at radius 3 is 2.61 bits per heavy atom. The minimum absolute atomic E-state index is 0.564. The molecule has 0 amide bonds. The Hall–Kier alpha value is -3.46. The van der Waals surface area contributed by atoms with Crippen molar-refractivity contribution in [3.63, 3.8) is 0 Å². The number of hydrogen-bond acceptors (Lipinski definition) is 6. The molecule has 6 nitrogen and oxygen atoms in total. The van der Waals surface area contributed by atoms with Gasteiger partial charge in [-0.3, -0.25) is 4.98 Å². The van der Waals surface area contributed by atoms with Crippen LogP contribution in [-0.4, -0.2) is 15.0 Å². The summed E-state index contributed by atoms with van der Waals surface area (Å²) in [6.45, 7) is 0.575. The van der Waals surface area contributed by atoms with Crippen molar-refractivity contribution < 1.29 is 0 Å². The molecule has 112 valence electrons. The van der Waals surface area contributed by atoms with Crippen molar-refractivity contribution in [2.45, 2.75) is 6.54 Å². The van der Waals surface area contributed by atoms with Crippen LogP contribution in [0.1, 0.15) is 11.3 Å². The van der Waals surface area contributed by atoms with E-state index in [-0.39, 0.29) is 0 Å². The number of benzene rings is 1. The lowest BCUT2D eigenvalue weighted by Gasteiger charge is -2.09. The van der Waals surface area contributed by atoms with Crippen LogP contribution in [0, 0.1) is 11.3 Å². The van der Waals surface area contributed by atoms with Crippen molar-refractivity contribution in [1.29, 1.82) is 5.26 Å². The van der Waals surface area contributed by atoms with Crippen LogP contribution in [-0.2, 0) is 6.54 Å². The molecule has 0 aliphatic heterocycles. The van der Waals surface area contributed by atoms with E-state index >= 15 is 0 Å². The van der Waals surface area contributed by atoms with Crippen LogP contribution in [0.15, 0.2) is 61.1 Å². The number of nitrogens with zero attached hydrogens (tertiary/aromatic N) is 4. The lowest BCUT2D eigenvalue weighted by molar-refractivity contribution is 1.02. The van der Waals surface area contributed by atoms with Gasteiger partial charge < -0.3 is 10.6 Å². The van der Waals surface area contributed by atoms with Gasteiger partial charge in [0.05, 0.1) is 23.5 Å². The molecule has 0 aliphatic rings. The molecule has 1 aromatic carbocycles. The number of para-hydroxylation sites is 1. The van der Waals surface area contributed by atoms with E-state index in [1.54, 1.807) is 18.3 Å². The molecule has 6 heteroatoms. The topological polar surface area (TPSA) is 86.5 Å². The molecule has 0 unspecified atom stereocenters. The zero-order valence-corrected chi connectivity index (χ0v) is 12.3. The highest BCUT2D eigenvalue weighted by Gasteiger charge is 2.03. The third-order valence-electron chi connectivity index (χ3n) is 3.15. The van der Waals surface area contributed by atoms with E-state index < -0.39 is 0 Å². The minimum atomic E-state index is 0.564. The highest BCUT2D eigenvalue weighted by Crippen LogP contribution is 2.19. The summed E-state index contributed by atoms with van der Waals surface area (Å²) in [5.74, 6) is 1.30. The monoisotopic (exact) mass is 302 g/mol. The summed E-state index contributed by atoms with van der Waals surface area (Å²) in [6.07, 6.45) is 3.22. The summed E-state index contributed by atoms with van der Waals surface area (Å²) in [5, 5.41) is 15.4. The maximum Gasteiger partial charge on any atom is 0.135 e. The van der Waals surface area contributed by atoms with Gasteiger partial charge in [-0.25, -0.2) is 9.97 Å². The van der Waals surface area contributed by atoms with E-state index in [0.717, 1.165) is 5.69 Å². The van der Waals surface area contributed by atoms with Gasteiger partial charge in [-0.15, -0.1) is 0 Å². The van der Waals surface area contributed by atoms with Gasteiger partial charge >= 0.3 is 0 Å². The molecule has 0 fully saturated rings. The molecule has 3 rings (SSSR count). The van der Waals surface area contributed by atoms with Gasteiger partial charge in [0.25, 0.3) is 0 Å². The van der Waals surface area contributed by atoms with Crippen molar-refractivity contribution in [3.8, 4) is 6.07 Å². The van der Waals surface area contributed by atoms with Crippen LogP contribution in [0.2, 0.25) is 0 Å². The second-order valence-corrected chi connectivity index (χ2v) is 4.75. The normalized spacial score (nSPS) is 9.87. The Morgan fingerprint density at radius 2 is 1.78 bits per heavy atom. The van der Waals surface area contributed by atoms with Crippen LogP contribution in [0.25, 0.3) is 0 Å². The van der Waals surface area contributed by atoms with Crippen LogP contribution in [0.3, 0.4) is 0 Å². The molecule has 0 saturated heterocycles. The Labute approximate surface area is 133 Å². The van der Waals surface area contributed by atoms with E-state index in [1.807, 2.05) is 36.4 Å². The smallest absolute Gasteiger partial charge is 0.135 e. The molecule has 23 heavy (non-hydrogen) atoms. The number of hydrogen-bond donors (Lipinski definition) is 2. The maximum atomic E-state index is 9.12. The summed E-state index contributed by atoms with van der Waals surface area (Å²) in [7, 11) is 0. The summed E-state index contributed by atoms with van der Waals surface area (Å²) < 4.78 is 0. The largest absolute Gasteiger partial charge is 0.364 e. The first-order valence-electron chi connectivity index (χ1n) is 7.07. The predicted octanol–water partition coefficient (Wildman–Crippen LogP) is 3.10. The average Bonchev–Trinajstić information content (AvgIpc) is 2.62. The predicted molar refractivity (Wildman–Crippen MR) is 88.0 cm³/mol. The number of rotatable bonds is 5. The van der Waals surface area contributed by atoms with Crippen LogP contribution in [0.5, 0.6) is 0 Å². The summed E-state index contributed by atoms with van der Waals surface area (Å²) >= 11 is 0. The van der Waals surface area contributed by atoms with Gasteiger partial charge in [0, 0.05) is 12.3 Å². The highest BCUT2D eigenvalue weighted by atomic mass is 15.1. The molecular weight excluding hydrogens is 288 g/mol. The Balaban J connectivity index is 1.71. The Morgan fingerprint density at radius 1 is 0.957 bits per heavy atom. The van der Waals surface area contributed by atoms with E-state index in [4.69, 9.17) is 5.26 Å². The number of nitrogens with one attached hydrogen (secondary N) is 2. The molecule has 2 N–H and O–H groups in total.